The van der Waals surface area contributed by atoms with Crippen molar-refractivity contribution in [2.75, 3.05) is 20.8 Å². The summed E-state index contributed by atoms with van der Waals surface area (Å²) in [6.07, 6.45) is 0.509. The lowest BCUT2D eigenvalue weighted by Gasteiger charge is -2.52. The summed E-state index contributed by atoms with van der Waals surface area (Å²) in [5.74, 6) is -1.54. The van der Waals surface area contributed by atoms with Crippen molar-refractivity contribution in [3.05, 3.63) is 10.1 Å². The summed E-state index contributed by atoms with van der Waals surface area (Å²) < 4.78 is 9.33. The molecule has 0 radical (unpaired) electrons. The van der Waals surface area contributed by atoms with Gasteiger partial charge >= 0.3 is 11.9 Å². The molecular weight excluding hydrogens is 266 g/mol. The van der Waals surface area contributed by atoms with Crippen LogP contribution in [0.15, 0.2) is 0 Å². The van der Waals surface area contributed by atoms with Crippen molar-refractivity contribution in [3.63, 3.8) is 0 Å². The van der Waals surface area contributed by atoms with E-state index in [9.17, 15) is 19.7 Å². The van der Waals surface area contributed by atoms with Crippen LogP contribution in [0, 0.1) is 33.3 Å². The zero-order valence-electron chi connectivity index (χ0n) is 12.3. The van der Waals surface area contributed by atoms with Crippen molar-refractivity contribution in [2.45, 2.75) is 26.7 Å². The molecular formula is C13H21NO6. The second kappa shape index (κ2) is 6.19. The molecule has 0 spiro atoms. The molecule has 7 heteroatoms. The summed E-state index contributed by atoms with van der Waals surface area (Å²) in [4.78, 5) is 33.4. The van der Waals surface area contributed by atoms with Gasteiger partial charge in [-0.1, -0.05) is 13.8 Å². The van der Waals surface area contributed by atoms with E-state index in [4.69, 9.17) is 4.74 Å². The van der Waals surface area contributed by atoms with Crippen molar-refractivity contribution in [3.8, 4) is 0 Å². The molecule has 0 aliphatic heterocycles. The fraction of sp³-hybridized carbons (Fsp3) is 0.846. The van der Waals surface area contributed by atoms with Crippen LogP contribution in [0.2, 0.25) is 0 Å². The lowest BCUT2D eigenvalue weighted by atomic mass is 9.50. The van der Waals surface area contributed by atoms with E-state index >= 15 is 0 Å². The first-order valence-electron chi connectivity index (χ1n) is 6.50. The van der Waals surface area contributed by atoms with Gasteiger partial charge in [0.1, 0.15) is 0 Å². The minimum atomic E-state index is -0.464. The number of rotatable bonds is 6. The molecule has 0 saturated heterocycles. The van der Waals surface area contributed by atoms with Gasteiger partial charge in [0.2, 0.25) is 6.54 Å². The Morgan fingerprint density at radius 1 is 1.35 bits per heavy atom. The zero-order valence-corrected chi connectivity index (χ0v) is 12.3. The lowest BCUT2D eigenvalue weighted by Crippen LogP contribution is -2.53. The monoisotopic (exact) mass is 287 g/mol. The highest BCUT2D eigenvalue weighted by molar-refractivity contribution is 5.75. The van der Waals surface area contributed by atoms with Gasteiger partial charge in [-0.05, 0) is 17.8 Å². The van der Waals surface area contributed by atoms with Gasteiger partial charge in [-0.15, -0.1) is 0 Å². The minimum Gasteiger partial charge on any atom is -0.469 e. The molecule has 3 atom stereocenters. The van der Waals surface area contributed by atoms with Gasteiger partial charge in [0, 0.05) is 10.8 Å². The molecule has 0 heterocycles. The number of hydrogen-bond donors (Lipinski definition) is 0. The van der Waals surface area contributed by atoms with Crippen LogP contribution < -0.4 is 0 Å². The first-order valence-corrected chi connectivity index (χ1v) is 6.50. The van der Waals surface area contributed by atoms with Crippen LogP contribution in [0.5, 0.6) is 0 Å². The van der Waals surface area contributed by atoms with Crippen LogP contribution in [-0.4, -0.2) is 37.6 Å². The van der Waals surface area contributed by atoms with E-state index in [0.29, 0.717) is 6.42 Å². The molecule has 0 aromatic heterocycles. The molecule has 20 heavy (non-hydrogen) atoms. The molecule has 7 nitrogen and oxygen atoms in total. The van der Waals surface area contributed by atoms with Crippen LogP contribution in [0.4, 0.5) is 0 Å². The lowest BCUT2D eigenvalue weighted by molar-refractivity contribution is -0.492. The highest BCUT2D eigenvalue weighted by Gasteiger charge is 2.56. The number of nitro groups is 1. The van der Waals surface area contributed by atoms with E-state index < -0.39 is 22.2 Å². The Kier molecular flexibility index (Phi) is 5.08. The van der Waals surface area contributed by atoms with Gasteiger partial charge in [0.25, 0.3) is 0 Å². The maximum absolute atomic E-state index is 11.6. The largest absolute Gasteiger partial charge is 0.469 e. The van der Waals surface area contributed by atoms with E-state index in [2.05, 4.69) is 4.74 Å². The molecule has 0 amide bonds. The maximum Gasteiger partial charge on any atom is 0.309 e. The molecule has 0 bridgehead atoms. The van der Waals surface area contributed by atoms with Gasteiger partial charge < -0.3 is 9.47 Å². The third-order valence-corrected chi connectivity index (χ3v) is 4.44. The molecule has 0 aromatic carbocycles. The predicted octanol–water partition coefficient (Wildman–Crippen LogP) is 1.28. The van der Waals surface area contributed by atoms with Gasteiger partial charge in [0.05, 0.1) is 26.6 Å². The fourth-order valence-electron chi connectivity index (χ4n) is 3.12. The Bertz CT molecular complexity index is 406. The topological polar surface area (TPSA) is 95.7 Å². The summed E-state index contributed by atoms with van der Waals surface area (Å²) in [7, 11) is 2.59. The Labute approximate surface area is 117 Å². The highest BCUT2D eigenvalue weighted by atomic mass is 16.6. The number of nitrogens with zero attached hydrogens (tertiary/aromatic N) is 1. The van der Waals surface area contributed by atoms with E-state index in [0.717, 1.165) is 0 Å². The van der Waals surface area contributed by atoms with Crippen LogP contribution in [0.25, 0.3) is 0 Å². The van der Waals surface area contributed by atoms with Crippen molar-refractivity contribution in [2.24, 2.45) is 23.2 Å². The average Bonchev–Trinajstić information content (AvgIpc) is 2.36. The smallest absolute Gasteiger partial charge is 0.309 e. The van der Waals surface area contributed by atoms with Gasteiger partial charge in [0.15, 0.2) is 0 Å². The van der Waals surface area contributed by atoms with Gasteiger partial charge in [-0.25, -0.2) is 0 Å². The van der Waals surface area contributed by atoms with Gasteiger partial charge in [-0.3, -0.25) is 19.7 Å². The van der Waals surface area contributed by atoms with Gasteiger partial charge in [-0.2, -0.15) is 0 Å². The molecule has 0 unspecified atom stereocenters. The second-order valence-electron chi connectivity index (χ2n) is 5.79. The van der Waals surface area contributed by atoms with Crippen molar-refractivity contribution in [1.82, 2.24) is 0 Å². The van der Waals surface area contributed by atoms with Crippen LogP contribution in [0.1, 0.15) is 26.7 Å². The standard InChI is InChI=1S/C13H21NO6/c1-13(2)9(6-10(13)12(16)20-4)8(7-14(17)18)5-11(15)19-3/h8-10H,5-7H2,1-4H3/t8-,9-,10+/m1/s1. The number of hydrogen-bond acceptors (Lipinski definition) is 6. The van der Waals surface area contributed by atoms with Crippen molar-refractivity contribution >= 4 is 11.9 Å². The minimum absolute atomic E-state index is 0.000527. The SMILES string of the molecule is COC(=O)C[C@H](C[N+](=O)[O-])[C@H]1C[C@@H](C(=O)OC)C1(C)C. The summed E-state index contributed by atoms with van der Waals surface area (Å²) in [5.41, 5.74) is -0.415. The Balaban J connectivity index is 2.80. The molecule has 1 aliphatic rings. The van der Waals surface area contributed by atoms with Crippen molar-refractivity contribution in [1.29, 1.82) is 0 Å². The summed E-state index contributed by atoms with van der Waals surface area (Å²) in [5, 5.41) is 10.8. The van der Waals surface area contributed by atoms with Crippen LogP contribution >= 0.6 is 0 Å². The summed E-state index contributed by atoms with van der Waals surface area (Å²) in [6, 6.07) is 0. The second-order valence-corrected chi connectivity index (χ2v) is 5.79. The van der Waals surface area contributed by atoms with E-state index in [1.165, 1.54) is 14.2 Å². The van der Waals surface area contributed by atoms with Crippen LogP contribution in [0.3, 0.4) is 0 Å². The number of carbonyl (C=O) groups excluding carboxylic acids is 2. The van der Waals surface area contributed by atoms with E-state index in [1.807, 2.05) is 13.8 Å². The number of methoxy groups -OCH3 is 2. The zero-order chi connectivity index (χ0) is 15.5. The molecule has 1 saturated carbocycles. The summed E-state index contributed by atoms with van der Waals surface area (Å²) in [6.45, 7) is 3.47. The predicted molar refractivity (Wildman–Crippen MR) is 69.4 cm³/mol. The van der Waals surface area contributed by atoms with Crippen molar-refractivity contribution < 1.29 is 24.0 Å². The molecule has 0 N–H and O–H groups in total. The Morgan fingerprint density at radius 2 is 1.95 bits per heavy atom. The molecule has 0 aromatic rings. The quantitative estimate of drug-likeness (QED) is 0.415. The number of ether oxygens (including phenoxy) is 2. The molecule has 114 valence electrons. The normalized spacial score (nSPS) is 25.2. The van der Waals surface area contributed by atoms with E-state index in [-0.39, 0.29) is 30.8 Å². The molecule has 1 aliphatic carbocycles. The third-order valence-electron chi connectivity index (χ3n) is 4.44. The Hall–Kier alpha value is -1.66. The van der Waals surface area contributed by atoms with E-state index in [1.54, 1.807) is 0 Å². The third kappa shape index (κ3) is 3.26. The Morgan fingerprint density at radius 3 is 2.35 bits per heavy atom. The summed E-state index contributed by atoms with van der Waals surface area (Å²) >= 11 is 0. The van der Waals surface area contributed by atoms with Crippen LogP contribution in [-0.2, 0) is 19.1 Å². The molecule has 1 rings (SSSR count). The highest BCUT2D eigenvalue weighted by Crippen LogP contribution is 2.55. The molecule has 1 fully saturated rings. The number of esters is 2. The fourth-order valence-corrected chi connectivity index (χ4v) is 3.12. The maximum atomic E-state index is 11.6. The number of carbonyl (C=O) groups is 2. The first kappa shape index (κ1) is 16.4. The average molecular weight is 287 g/mol. The first-order chi connectivity index (χ1) is 9.23.